The molecular formula is C32H36N6O4. The van der Waals surface area contributed by atoms with Crippen LogP contribution in [0.5, 0.6) is 5.75 Å². The molecule has 1 aliphatic heterocycles. The predicted molar refractivity (Wildman–Crippen MR) is 158 cm³/mol. The number of carbonyl (C=O) groups excluding carboxylic acids is 2. The molecule has 42 heavy (non-hydrogen) atoms. The van der Waals surface area contributed by atoms with Crippen LogP contribution in [0.1, 0.15) is 66.8 Å². The Hall–Kier alpha value is -4.57. The molecule has 0 bridgehead atoms. The first-order valence-corrected chi connectivity index (χ1v) is 14.1. The molecule has 0 spiro atoms. The molecule has 5 rings (SSSR count). The van der Waals surface area contributed by atoms with Crippen LogP contribution in [0.3, 0.4) is 0 Å². The maximum Gasteiger partial charge on any atom is 0.417 e. The van der Waals surface area contributed by atoms with Crippen molar-refractivity contribution in [1.29, 1.82) is 0 Å². The molecule has 1 saturated heterocycles. The maximum absolute atomic E-state index is 12.5. The van der Waals surface area contributed by atoms with E-state index in [2.05, 4.69) is 31.6 Å². The SMILES string of the molecule is CC(C)(C)OC(=O)c1ccc(NC(=O)Oc2cccc(C3CCN(Cc4cn(Cc5ccccn5)nn4)CC3)c2)cc1. The van der Waals surface area contributed by atoms with Crippen LogP contribution in [-0.2, 0) is 17.8 Å². The number of piperidine rings is 1. The van der Waals surface area contributed by atoms with Gasteiger partial charge >= 0.3 is 12.1 Å². The molecule has 3 heterocycles. The zero-order chi connectivity index (χ0) is 29.5. The Morgan fingerprint density at radius 3 is 2.45 bits per heavy atom. The van der Waals surface area contributed by atoms with Crippen LogP contribution in [0.25, 0.3) is 0 Å². The van der Waals surface area contributed by atoms with Gasteiger partial charge in [-0.2, -0.15) is 0 Å². The summed E-state index contributed by atoms with van der Waals surface area (Å²) in [7, 11) is 0. The molecule has 0 unspecified atom stereocenters. The fourth-order valence-corrected chi connectivity index (χ4v) is 4.91. The number of nitrogens with zero attached hydrogens (tertiary/aromatic N) is 5. The molecule has 0 atom stereocenters. The first-order valence-electron chi connectivity index (χ1n) is 14.1. The Kier molecular flexibility index (Phi) is 8.92. The number of pyridine rings is 1. The standard InChI is InChI=1S/C32H36N6O4/c1-32(2,3)42-30(39)24-10-12-26(13-11-24)34-31(40)41-29-9-6-7-25(19-29)23-14-17-37(18-15-23)20-28-22-38(36-35-28)21-27-8-4-5-16-33-27/h4-13,16,19,22-23H,14-15,17-18,20-21H2,1-3H3,(H,34,40). The monoisotopic (exact) mass is 568 g/mol. The summed E-state index contributed by atoms with van der Waals surface area (Å²) >= 11 is 0. The first-order chi connectivity index (χ1) is 20.2. The number of anilines is 1. The first kappa shape index (κ1) is 28.9. The van der Waals surface area contributed by atoms with Gasteiger partial charge in [-0.1, -0.05) is 23.4 Å². The molecule has 218 valence electrons. The summed E-state index contributed by atoms with van der Waals surface area (Å²) in [5.74, 6) is 0.457. The van der Waals surface area contributed by atoms with Crippen molar-refractivity contribution in [3.63, 3.8) is 0 Å². The zero-order valence-electron chi connectivity index (χ0n) is 24.2. The number of carbonyl (C=O) groups is 2. The highest BCUT2D eigenvalue weighted by Crippen LogP contribution is 2.30. The van der Waals surface area contributed by atoms with Gasteiger partial charge in [0.15, 0.2) is 0 Å². The summed E-state index contributed by atoms with van der Waals surface area (Å²) in [6.07, 6.45) is 5.18. The van der Waals surface area contributed by atoms with E-state index in [1.807, 2.05) is 62.0 Å². The van der Waals surface area contributed by atoms with E-state index in [1.54, 1.807) is 36.5 Å². The highest BCUT2D eigenvalue weighted by molar-refractivity contribution is 5.91. The second-order valence-electron chi connectivity index (χ2n) is 11.4. The maximum atomic E-state index is 12.5. The van der Waals surface area contributed by atoms with Crippen LogP contribution in [0.4, 0.5) is 10.5 Å². The van der Waals surface area contributed by atoms with Crippen molar-refractivity contribution in [3.05, 3.63) is 102 Å². The van der Waals surface area contributed by atoms with Crippen molar-refractivity contribution in [1.82, 2.24) is 24.9 Å². The lowest BCUT2D eigenvalue weighted by Crippen LogP contribution is -2.32. The summed E-state index contributed by atoms with van der Waals surface area (Å²) in [6.45, 7) is 8.71. The molecule has 2 aromatic carbocycles. The summed E-state index contributed by atoms with van der Waals surface area (Å²) in [4.78, 5) is 31.5. The van der Waals surface area contributed by atoms with Gasteiger partial charge in [0, 0.05) is 18.4 Å². The van der Waals surface area contributed by atoms with E-state index in [0.29, 0.717) is 29.5 Å². The molecule has 0 aliphatic carbocycles. The van der Waals surface area contributed by atoms with Crippen LogP contribution in [0.15, 0.2) is 79.1 Å². The predicted octanol–water partition coefficient (Wildman–Crippen LogP) is 5.67. The largest absolute Gasteiger partial charge is 0.456 e. The van der Waals surface area contributed by atoms with Gasteiger partial charge in [0.05, 0.1) is 29.7 Å². The Labute approximate surface area is 245 Å². The number of esters is 1. The van der Waals surface area contributed by atoms with Gasteiger partial charge in [-0.3, -0.25) is 15.2 Å². The van der Waals surface area contributed by atoms with Crippen molar-refractivity contribution in [2.24, 2.45) is 0 Å². The molecule has 10 heteroatoms. The van der Waals surface area contributed by atoms with Crippen LogP contribution in [0.2, 0.25) is 0 Å². The third-order valence-electron chi connectivity index (χ3n) is 6.92. The molecule has 0 saturated carbocycles. The fraction of sp³-hybridized carbons (Fsp3) is 0.344. The van der Waals surface area contributed by atoms with Gasteiger partial charge in [-0.05, 0) is 107 Å². The minimum atomic E-state index is -0.594. The third-order valence-corrected chi connectivity index (χ3v) is 6.92. The van der Waals surface area contributed by atoms with Crippen LogP contribution in [-0.4, -0.2) is 55.6 Å². The molecule has 1 fully saturated rings. The van der Waals surface area contributed by atoms with E-state index in [4.69, 9.17) is 9.47 Å². The second-order valence-corrected chi connectivity index (χ2v) is 11.4. The lowest BCUT2D eigenvalue weighted by Gasteiger charge is -2.31. The summed E-state index contributed by atoms with van der Waals surface area (Å²) in [5.41, 5.74) is 3.41. The molecule has 4 aromatic rings. The van der Waals surface area contributed by atoms with Crippen molar-refractivity contribution >= 4 is 17.7 Å². The van der Waals surface area contributed by atoms with E-state index < -0.39 is 17.7 Å². The number of ether oxygens (including phenoxy) is 2. The normalized spacial score (nSPS) is 14.4. The van der Waals surface area contributed by atoms with Gasteiger partial charge < -0.3 is 9.47 Å². The van der Waals surface area contributed by atoms with E-state index in [-0.39, 0.29) is 0 Å². The highest BCUT2D eigenvalue weighted by atomic mass is 16.6. The Bertz CT molecular complexity index is 1490. The number of rotatable bonds is 8. The summed E-state index contributed by atoms with van der Waals surface area (Å²) < 4.78 is 12.8. The number of hydrogen-bond acceptors (Lipinski definition) is 8. The summed E-state index contributed by atoms with van der Waals surface area (Å²) in [5, 5.41) is 11.3. The van der Waals surface area contributed by atoms with Crippen molar-refractivity contribution < 1.29 is 19.1 Å². The number of hydrogen-bond donors (Lipinski definition) is 1. The van der Waals surface area contributed by atoms with E-state index in [1.165, 1.54) is 0 Å². The smallest absolute Gasteiger partial charge is 0.417 e. The average molecular weight is 569 g/mol. The molecule has 0 radical (unpaired) electrons. The highest BCUT2D eigenvalue weighted by Gasteiger charge is 2.22. The van der Waals surface area contributed by atoms with Gasteiger partial charge in [-0.25, -0.2) is 14.3 Å². The number of nitrogens with one attached hydrogen (secondary N) is 1. The van der Waals surface area contributed by atoms with E-state index in [9.17, 15) is 9.59 Å². The number of amides is 1. The number of aromatic nitrogens is 4. The van der Waals surface area contributed by atoms with Gasteiger partial charge in [-0.15, -0.1) is 5.10 Å². The van der Waals surface area contributed by atoms with Gasteiger partial charge in [0.2, 0.25) is 0 Å². The Morgan fingerprint density at radius 1 is 0.952 bits per heavy atom. The minimum Gasteiger partial charge on any atom is -0.456 e. The molecular weight excluding hydrogens is 532 g/mol. The van der Waals surface area contributed by atoms with Crippen molar-refractivity contribution in [3.8, 4) is 5.75 Å². The zero-order valence-corrected chi connectivity index (χ0v) is 24.2. The van der Waals surface area contributed by atoms with Crippen molar-refractivity contribution in [2.75, 3.05) is 18.4 Å². The quantitative estimate of drug-likeness (QED) is 0.271. The Morgan fingerprint density at radius 2 is 1.74 bits per heavy atom. The Balaban J connectivity index is 1.09. The van der Waals surface area contributed by atoms with Crippen molar-refractivity contribution in [2.45, 2.75) is 58.2 Å². The lowest BCUT2D eigenvalue weighted by molar-refractivity contribution is 0.00695. The molecule has 1 aliphatic rings. The van der Waals surface area contributed by atoms with Crippen LogP contribution < -0.4 is 10.1 Å². The minimum absolute atomic E-state index is 0.382. The summed E-state index contributed by atoms with van der Waals surface area (Å²) in [6, 6.07) is 20.1. The molecule has 2 aromatic heterocycles. The second kappa shape index (κ2) is 12.9. The fourth-order valence-electron chi connectivity index (χ4n) is 4.91. The topological polar surface area (TPSA) is 111 Å². The van der Waals surface area contributed by atoms with Gasteiger partial charge in [0.1, 0.15) is 11.4 Å². The number of likely N-dealkylation sites (tertiary alicyclic amines) is 1. The molecule has 1 amide bonds. The lowest BCUT2D eigenvalue weighted by atomic mass is 9.89. The number of benzene rings is 2. The van der Waals surface area contributed by atoms with E-state index in [0.717, 1.165) is 49.4 Å². The third kappa shape index (κ3) is 8.23. The van der Waals surface area contributed by atoms with Gasteiger partial charge in [0.25, 0.3) is 0 Å². The van der Waals surface area contributed by atoms with E-state index >= 15 is 0 Å². The molecule has 10 nitrogen and oxygen atoms in total. The van der Waals surface area contributed by atoms with Crippen LogP contribution in [0, 0.1) is 0 Å². The van der Waals surface area contributed by atoms with Crippen LogP contribution >= 0.6 is 0 Å². The molecule has 1 N–H and O–H groups in total. The average Bonchev–Trinajstić information content (AvgIpc) is 3.40.